The minimum absolute atomic E-state index is 0.183. The van der Waals surface area contributed by atoms with Gasteiger partial charge in [0.15, 0.2) is 0 Å². The van der Waals surface area contributed by atoms with Crippen LogP contribution in [-0.2, 0) is 4.79 Å². The fourth-order valence-electron chi connectivity index (χ4n) is 6.14. The van der Waals surface area contributed by atoms with Gasteiger partial charge >= 0.3 is 0 Å². The second kappa shape index (κ2) is 7.22. The second-order valence-corrected chi connectivity index (χ2v) is 9.07. The summed E-state index contributed by atoms with van der Waals surface area (Å²) in [7, 11) is 1.91. The molecule has 26 heavy (non-hydrogen) atoms. The fourth-order valence-corrected chi connectivity index (χ4v) is 6.14. The van der Waals surface area contributed by atoms with E-state index in [-0.39, 0.29) is 11.3 Å². The number of aryl methyl sites for hydroxylation is 1. The van der Waals surface area contributed by atoms with Gasteiger partial charge in [-0.1, -0.05) is 6.07 Å². The summed E-state index contributed by atoms with van der Waals surface area (Å²) in [5.74, 6) is 3.66. The van der Waals surface area contributed by atoms with Crippen molar-refractivity contribution in [2.24, 2.45) is 23.2 Å². The van der Waals surface area contributed by atoms with Gasteiger partial charge in [-0.15, -0.1) is 0 Å². The number of anilines is 1. The SMILES string of the molecule is CNCCOc1ccc(C)c(NC(=O)CC23CC4CC(CC(C4)C2)C3)c1. The number of carbonyl (C=O) groups is 1. The molecule has 142 valence electrons. The van der Waals surface area contributed by atoms with Crippen molar-refractivity contribution in [3.8, 4) is 5.75 Å². The number of benzene rings is 1. The molecule has 0 aliphatic heterocycles. The summed E-state index contributed by atoms with van der Waals surface area (Å²) >= 11 is 0. The Labute approximate surface area is 157 Å². The molecular weight excluding hydrogens is 324 g/mol. The van der Waals surface area contributed by atoms with Gasteiger partial charge in [-0.25, -0.2) is 0 Å². The number of nitrogens with one attached hydrogen (secondary N) is 2. The lowest BCUT2D eigenvalue weighted by atomic mass is 9.49. The van der Waals surface area contributed by atoms with Crippen LogP contribution in [0, 0.1) is 30.1 Å². The summed E-state index contributed by atoms with van der Waals surface area (Å²) in [6, 6.07) is 5.96. The van der Waals surface area contributed by atoms with E-state index in [1.165, 1.54) is 38.5 Å². The van der Waals surface area contributed by atoms with E-state index >= 15 is 0 Å². The smallest absolute Gasteiger partial charge is 0.224 e. The van der Waals surface area contributed by atoms with Crippen LogP contribution in [0.5, 0.6) is 5.75 Å². The Balaban J connectivity index is 1.39. The largest absolute Gasteiger partial charge is 0.492 e. The summed E-state index contributed by atoms with van der Waals surface area (Å²) in [5, 5.41) is 6.26. The van der Waals surface area contributed by atoms with Crippen LogP contribution in [0.3, 0.4) is 0 Å². The zero-order valence-corrected chi connectivity index (χ0v) is 16.1. The minimum Gasteiger partial charge on any atom is -0.492 e. The standard InChI is InChI=1S/C22H32N2O2/c1-15-3-4-19(26-6-5-23-2)10-20(15)24-21(25)14-22-11-16-7-17(12-22)9-18(8-16)13-22/h3-4,10,16-18,23H,5-9,11-14H2,1-2H3,(H,24,25). The van der Waals surface area contributed by atoms with Gasteiger partial charge in [-0.3, -0.25) is 4.79 Å². The van der Waals surface area contributed by atoms with Gasteiger partial charge in [0.2, 0.25) is 5.91 Å². The molecule has 4 fully saturated rings. The van der Waals surface area contributed by atoms with Crippen LogP contribution in [0.25, 0.3) is 0 Å². The molecule has 1 amide bonds. The van der Waals surface area contributed by atoms with E-state index in [2.05, 4.69) is 10.6 Å². The molecule has 0 unspecified atom stereocenters. The number of rotatable bonds is 7. The van der Waals surface area contributed by atoms with Crippen LogP contribution in [0.15, 0.2) is 18.2 Å². The van der Waals surface area contributed by atoms with Gasteiger partial charge < -0.3 is 15.4 Å². The van der Waals surface area contributed by atoms with E-state index in [0.29, 0.717) is 13.0 Å². The van der Waals surface area contributed by atoms with Gasteiger partial charge in [0.05, 0.1) is 0 Å². The van der Waals surface area contributed by atoms with Gasteiger partial charge in [-0.05, 0) is 87.3 Å². The molecule has 4 aliphatic carbocycles. The maximum Gasteiger partial charge on any atom is 0.224 e. The fraction of sp³-hybridized carbons (Fsp3) is 0.682. The monoisotopic (exact) mass is 356 g/mol. The second-order valence-electron chi connectivity index (χ2n) is 9.07. The third-order valence-corrected chi connectivity index (χ3v) is 6.80. The van der Waals surface area contributed by atoms with E-state index < -0.39 is 0 Å². The molecule has 1 aromatic carbocycles. The highest BCUT2D eigenvalue weighted by Crippen LogP contribution is 2.61. The van der Waals surface area contributed by atoms with Crippen molar-refractivity contribution in [3.63, 3.8) is 0 Å². The molecule has 0 radical (unpaired) electrons. The van der Waals surface area contributed by atoms with Crippen molar-refractivity contribution >= 4 is 11.6 Å². The van der Waals surface area contributed by atoms with E-state index in [0.717, 1.165) is 41.3 Å². The molecular formula is C22H32N2O2. The number of ether oxygens (including phenoxy) is 1. The zero-order valence-electron chi connectivity index (χ0n) is 16.1. The predicted molar refractivity (Wildman–Crippen MR) is 104 cm³/mol. The van der Waals surface area contributed by atoms with Crippen molar-refractivity contribution in [1.29, 1.82) is 0 Å². The van der Waals surface area contributed by atoms with Crippen LogP contribution in [-0.4, -0.2) is 26.1 Å². The van der Waals surface area contributed by atoms with Gasteiger partial charge in [0, 0.05) is 24.7 Å². The molecule has 4 heteroatoms. The van der Waals surface area contributed by atoms with E-state index in [1.807, 2.05) is 32.2 Å². The minimum atomic E-state index is 0.183. The molecule has 2 N–H and O–H groups in total. The van der Waals surface area contributed by atoms with Crippen LogP contribution in [0.2, 0.25) is 0 Å². The summed E-state index contributed by atoms with van der Waals surface area (Å²) in [6.45, 7) is 3.47. The highest BCUT2D eigenvalue weighted by atomic mass is 16.5. The maximum absolute atomic E-state index is 12.9. The molecule has 5 rings (SSSR count). The molecule has 4 saturated carbocycles. The third kappa shape index (κ3) is 3.75. The van der Waals surface area contributed by atoms with Crippen molar-refractivity contribution in [1.82, 2.24) is 5.32 Å². The lowest BCUT2D eigenvalue weighted by Crippen LogP contribution is -2.47. The summed E-state index contributed by atoms with van der Waals surface area (Å²) in [5.41, 5.74) is 2.26. The number of carbonyl (C=O) groups excluding carboxylic acids is 1. The van der Waals surface area contributed by atoms with E-state index in [9.17, 15) is 4.79 Å². The van der Waals surface area contributed by atoms with Crippen LogP contribution < -0.4 is 15.4 Å². The highest BCUT2D eigenvalue weighted by molar-refractivity contribution is 5.92. The molecule has 4 nitrogen and oxygen atoms in total. The summed E-state index contributed by atoms with van der Waals surface area (Å²) in [6.07, 6.45) is 8.79. The number of hydrogen-bond donors (Lipinski definition) is 2. The van der Waals surface area contributed by atoms with Crippen LogP contribution in [0.4, 0.5) is 5.69 Å². The lowest BCUT2D eigenvalue weighted by molar-refractivity contribution is -0.124. The zero-order chi connectivity index (χ0) is 18.1. The maximum atomic E-state index is 12.9. The molecule has 0 heterocycles. The normalized spacial score (nSPS) is 31.8. The molecule has 0 aromatic heterocycles. The first-order chi connectivity index (χ1) is 12.5. The quantitative estimate of drug-likeness (QED) is 0.722. The Morgan fingerprint density at radius 1 is 1.15 bits per heavy atom. The van der Waals surface area contributed by atoms with E-state index in [1.54, 1.807) is 0 Å². The van der Waals surface area contributed by atoms with Crippen molar-refractivity contribution in [3.05, 3.63) is 23.8 Å². The number of hydrogen-bond acceptors (Lipinski definition) is 3. The van der Waals surface area contributed by atoms with Gasteiger partial charge in [0.1, 0.15) is 12.4 Å². The first kappa shape index (κ1) is 17.8. The molecule has 4 bridgehead atoms. The highest BCUT2D eigenvalue weighted by Gasteiger charge is 2.51. The van der Waals surface area contributed by atoms with Crippen LogP contribution in [0.1, 0.15) is 50.5 Å². The number of amides is 1. The Hall–Kier alpha value is -1.55. The first-order valence-electron chi connectivity index (χ1n) is 10.2. The molecule has 0 spiro atoms. The van der Waals surface area contributed by atoms with Crippen molar-refractivity contribution in [2.45, 2.75) is 51.9 Å². The van der Waals surface area contributed by atoms with Gasteiger partial charge in [0.25, 0.3) is 0 Å². The molecule has 0 saturated heterocycles. The Morgan fingerprint density at radius 3 is 2.42 bits per heavy atom. The van der Waals surface area contributed by atoms with Crippen LogP contribution >= 0.6 is 0 Å². The Morgan fingerprint density at radius 2 is 1.81 bits per heavy atom. The molecule has 4 aliphatic rings. The lowest BCUT2D eigenvalue weighted by Gasteiger charge is -2.56. The van der Waals surface area contributed by atoms with Gasteiger partial charge in [-0.2, -0.15) is 0 Å². The number of likely N-dealkylation sites (N-methyl/N-ethyl adjacent to an activating group) is 1. The Kier molecular flexibility index (Phi) is 4.96. The first-order valence-corrected chi connectivity index (χ1v) is 10.2. The average Bonchev–Trinajstić information content (AvgIpc) is 2.56. The Bertz CT molecular complexity index is 635. The predicted octanol–water partition coefficient (Wildman–Crippen LogP) is 4.14. The van der Waals surface area contributed by atoms with E-state index in [4.69, 9.17) is 4.74 Å². The molecule has 0 atom stereocenters. The average molecular weight is 357 g/mol. The van der Waals surface area contributed by atoms with Crippen molar-refractivity contribution < 1.29 is 9.53 Å². The summed E-state index contributed by atoms with van der Waals surface area (Å²) in [4.78, 5) is 12.9. The van der Waals surface area contributed by atoms with Crippen molar-refractivity contribution in [2.75, 3.05) is 25.5 Å². The molecule has 1 aromatic rings. The topological polar surface area (TPSA) is 50.4 Å². The summed E-state index contributed by atoms with van der Waals surface area (Å²) < 4.78 is 5.74. The third-order valence-electron chi connectivity index (χ3n) is 6.80.